The van der Waals surface area contributed by atoms with Gasteiger partial charge in [-0.2, -0.15) is 5.10 Å². The van der Waals surface area contributed by atoms with Crippen LogP contribution in [0.25, 0.3) is 0 Å². The molecule has 0 unspecified atom stereocenters. The number of guanidine groups is 1. The van der Waals surface area contributed by atoms with Crippen molar-refractivity contribution in [2.75, 3.05) is 66.1 Å². The number of carbonyl (C=O) groups is 1. The minimum absolute atomic E-state index is 0. The maximum Gasteiger partial charge on any atom is 0.236 e. The molecule has 3 heterocycles. The molecule has 0 bridgehead atoms. The molecule has 0 saturated carbocycles. The Bertz CT molecular complexity index is 738. The van der Waals surface area contributed by atoms with Gasteiger partial charge < -0.3 is 19.9 Å². The maximum absolute atomic E-state index is 12.5. The highest BCUT2D eigenvalue weighted by Gasteiger charge is 2.24. The molecule has 1 aromatic rings. The van der Waals surface area contributed by atoms with E-state index in [1.54, 1.807) is 0 Å². The normalized spacial score (nSPS) is 18.1. The van der Waals surface area contributed by atoms with Crippen molar-refractivity contribution in [3.8, 4) is 0 Å². The predicted octanol–water partition coefficient (Wildman–Crippen LogP) is 0.715. The number of amides is 1. The highest BCUT2D eigenvalue weighted by molar-refractivity contribution is 14.0. The molecule has 1 N–H and O–H groups in total. The fraction of sp³-hybridized carbons (Fsp3) is 0.762. The van der Waals surface area contributed by atoms with Crippen molar-refractivity contribution < 1.29 is 9.53 Å². The summed E-state index contributed by atoms with van der Waals surface area (Å²) in [6, 6.07) is 0. The minimum Gasteiger partial charge on any atom is -0.378 e. The molecule has 2 aliphatic heterocycles. The van der Waals surface area contributed by atoms with Gasteiger partial charge in [0.05, 0.1) is 25.5 Å². The second kappa shape index (κ2) is 12.6. The van der Waals surface area contributed by atoms with Crippen LogP contribution in [-0.2, 0) is 36.0 Å². The Morgan fingerprint density at radius 2 is 1.74 bits per heavy atom. The number of ether oxygens (including phenoxy) is 1. The first-order valence-electron chi connectivity index (χ1n) is 11.1. The highest BCUT2D eigenvalue weighted by Crippen LogP contribution is 2.15. The van der Waals surface area contributed by atoms with Crippen LogP contribution >= 0.6 is 24.0 Å². The smallest absolute Gasteiger partial charge is 0.236 e. The molecule has 2 aliphatic rings. The molecule has 0 atom stereocenters. The number of nitrogens with zero attached hydrogens (tertiary/aromatic N) is 6. The Kier molecular flexibility index (Phi) is 10.5. The first-order valence-corrected chi connectivity index (χ1v) is 11.1. The monoisotopic (exact) mass is 547 g/mol. The zero-order chi connectivity index (χ0) is 21.5. The second-order valence-electron chi connectivity index (χ2n) is 7.86. The molecule has 0 radical (unpaired) electrons. The Labute approximate surface area is 203 Å². The molecule has 31 heavy (non-hydrogen) atoms. The third-order valence-corrected chi connectivity index (χ3v) is 6.06. The number of rotatable bonds is 6. The van der Waals surface area contributed by atoms with E-state index in [1.807, 2.05) is 23.7 Å². The number of nitrogens with one attached hydrogen (secondary N) is 1. The van der Waals surface area contributed by atoms with E-state index < -0.39 is 0 Å². The van der Waals surface area contributed by atoms with Crippen molar-refractivity contribution in [2.24, 2.45) is 12.0 Å². The van der Waals surface area contributed by atoms with Crippen LogP contribution in [0.4, 0.5) is 0 Å². The summed E-state index contributed by atoms with van der Waals surface area (Å²) >= 11 is 0. The lowest BCUT2D eigenvalue weighted by atomic mass is 10.1. The summed E-state index contributed by atoms with van der Waals surface area (Å²) in [5.41, 5.74) is 3.73. The van der Waals surface area contributed by atoms with Gasteiger partial charge in [0.25, 0.3) is 0 Å². The lowest BCUT2D eigenvalue weighted by Crippen LogP contribution is -2.54. The molecule has 0 aliphatic carbocycles. The van der Waals surface area contributed by atoms with Crippen molar-refractivity contribution in [3.63, 3.8) is 0 Å². The summed E-state index contributed by atoms with van der Waals surface area (Å²) < 4.78 is 7.34. The fourth-order valence-electron chi connectivity index (χ4n) is 4.32. The van der Waals surface area contributed by atoms with Gasteiger partial charge in [0.1, 0.15) is 0 Å². The van der Waals surface area contributed by atoms with Gasteiger partial charge in [-0.1, -0.05) is 13.8 Å². The zero-order valence-electron chi connectivity index (χ0n) is 19.4. The van der Waals surface area contributed by atoms with Gasteiger partial charge in [-0.25, -0.2) is 0 Å². The van der Waals surface area contributed by atoms with Crippen molar-refractivity contribution in [3.05, 3.63) is 17.0 Å². The van der Waals surface area contributed by atoms with Crippen LogP contribution < -0.4 is 5.32 Å². The zero-order valence-corrected chi connectivity index (χ0v) is 21.7. The van der Waals surface area contributed by atoms with E-state index in [9.17, 15) is 4.79 Å². The van der Waals surface area contributed by atoms with Crippen LogP contribution in [0.1, 0.15) is 30.8 Å². The molecular formula is C21H38IN7O2. The molecule has 1 aromatic heterocycles. The van der Waals surface area contributed by atoms with Crippen LogP contribution in [0.2, 0.25) is 0 Å². The Hall–Kier alpha value is -1.40. The number of aliphatic imine (C=N–C) groups is 1. The molecule has 0 spiro atoms. The van der Waals surface area contributed by atoms with Crippen molar-refractivity contribution in [1.82, 2.24) is 29.8 Å². The SMILES string of the molecule is CCc1nn(C)c(CC)c1CNC(=NC)N1CCN(CC(=O)N2CCOCC2)CC1.I. The number of hydrogen-bond acceptors (Lipinski definition) is 5. The Morgan fingerprint density at radius 3 is 2.32 bits per heavy atom. The van der Waals surface area contributed by atoms with Gasteiger partial charge in [-0.15, -0.1) is 24.0 Å². The van der Waals surface area contributed by atoms with Crippen LogP contribution in [-0.4, -0.2) is 102 Å². The molecule has 10 heteroatoms. The quantitative estimate of drug-likeness (QED) is 0.322. The number of aryl methyl sites for hydroxylation is 2. The van der Waals surface area contributed by atoms with Gasteiger partial charge in [0, 0.05) is 71.2 Å². The van der Waals surface area contributed by atoms with E-state index in [1.165, 1.54) is 11.3 Å². The number of aromatic nitrogens is 2. The summed E-state index contributed by atoms with van der Waals surface area (Å²) in [6.07, 6.45) is 1.90. The minimum atomic E-state index is 0. The average molecular weight is 547 g/mol. The Balaban J connectivity index is 0.00000341. The lowest BCUT2D eigenvalue weighted by Gasteiger charge is -2.37. The summed E-state index contributed by atoms with van der Waals surface area (Å²) in [5.74, 6) is 1.13. The van der Waals surface area contributed by atoms with Crippen LogP contribution in [0.15, 0.2) is 4.99 Å². The van der Waals surface area contributed by atoms with Gasteiger partial charge in [-0.3, -0.25) is 19.4 Å². The Morgan fingerprint density at radius 1 is 1.06 bits per heavy atom. The topological polar surface area (TPSA) is 78.2 Å². The number of hydrogen-bond donors (Lipinski definition) is 1. The molecular weight excluding hydrogens is 509 g/mol. The van der Waals surface area contributed by atoms with E-state index in [0.717, 1.165) is 57.2 Å². The van der Waals surface area contributed by atoms with Crippen molar-refractivity contribution >= 4 is 35.8 Å². The highest BCUT2D eigenvalue weighted by atomic mass is 127. The third kappa shape index (κ3) is 6.55. The van der Waals surface area contributed by atoms with Gasteiger partial charge in [-0.05, 0) is 12.8 Å². The largest absolute Gasteiger partial charge is 0.378 e. The fourth-order valence-corrected chi connectivity index (χ4v) is 4.32. The van der Waals surface area contributed by atoms with E-state index in [2.05, 4.69) is 39.1 Å². The molecule has 9 nitrogen and oxygen atoms in total. The van der Waals surface area contributed by atoms with E-state index >= 15 is 0 Å². The van der Waals surface area contributed by atoms with E-state index in [4.69, 9.17) is 4.74 Å². The molecule has 2 saturated heterocycles. The van der Waals surface area contributed by atoms with Gasteiger partial charge >= 0.3 is 0 Å². The second-order valence-corrected chi connectivity index (χ2v) is 7.86. The van der Waals surface area contributed by atoms with Crippen molar-refractivity contribution in [2.45, 2.75) is 33.2 Å². The molecule has 1 amide bonds. The predicted molar refractivity (Wildman–Crippen MR) is 133 cm³/mol. The number of carbonyl (C=O) groups excluding carboxylic acids is 1. The van der Waals surface area contributed by atoms with Crippen LogP contribution in [0.5, 0.6) is 0 Å². The molecule has 0 aromatic carbocycles. The third-order valence-electron chi connectivity index (χ3n) is 6.06. The van der Waals surface area contributed by atoms with E-state index in [-0.39, 0.29) is 29.9 Å². The van der Waals surface area contributed by atoms with Crippen molar-refractivity contribution in [1.29, 1.82) is 0 Å². The number of halogens is 1. The first-order chi connectivity index (χ1) is 14.6. The summed E-state index contributed by atoms with van der Waals surface area (Å²) in [7, 11) is 3.86. The number of piperazine rings is 1. The molecule has 3 rings (SSSR count). The van der Waals surface area contributed by atoms with Gasteiger partial charge in [0.15, 0.2) is 5.96 Å². The van der Waals surface area contributed by atoms with Crippen LogP contribution in [0, 0.1) is 0 Å². The van der Waals surface area contributed by atoms with Gasteiger partial charge in [0.2, 0.25) is 5.91 Å². The molecule has 176 valence electrons. The first kappa shape index (κ1) is 25.9. The maximum atomic E-state index is 12.5. The summed E-state index contributed by atoms with van der Waals surface area (Å²) in [4.78, 5) is 23.4. The van der Waals surface area contributed by atoms with E-state index in [0.29, 0.717) is 32.8 Å². The average Bonchev–Trinajstić information content (AvgIpc) is 3.10. The van der Waals surface area contributed by atoms with Crippen LogP contribution in [0.3, 0.4) is 0 Å². The standard InChI is InChI=1S/C21H37N7O2.HI/c1-5-18-17(19(6-2)25(4)24-18)15-23-21(22-3)28-9-7-26(8-10-28)16-20(29)27-11-13-30-14-12-27;/h5-16H2,1-4H3,(H,22,23);1H. The summed E-state index contributed by atoms with van der Waals surface area (Å²) in [5, 5.41) is 8.21. The lowest BCUT2D eigenvalue weighted by molar-refractivity contribution is -0.136. The summed E-state index contributed by atoms with van der Waals surface area (Å²) in [6.45, 7) is 11.7. The number of morpholine rings is 1. The molecule has 2 fully saturated rings.